The minimum Gasteiger partial charge on any atom is -1.00 e. The Morgan fingerprint density at radius 2 is 1.83 bits per heavy atom. The van der Waals surface area contributed by atoms with Crippen LogP contribution in [0.2, 0.25) is 5.02 Å². The number of hydrogen-bond acceptors (Lipinski definition) is 4. The van der Waals surface area contributed by atoms with Crippen LogP contribution in [-0.2, 0) is 16.1 Å². The predicted octanol–water partition coefficient (Wildman–Crippen LogP) is -1.53. The first-order valence-corrected chi connectivity index (χ1v) is 9.70. The summed E-state index contributed by atoms with van der Waals surface area (Å²) in [6, 6.07) is 14.4. The van der Waals surface area contributed by atoms with Gasteiger partial charge in [0.25, 0.3) is 5.91 Å². The number of likely N-dealkylation sites (N-methyl/N-ethyl adjacent to an activating group) is 1. The van der Waals surface area contributed by atoms with Crippen LogP contribution >= 0.6 is 11.6 Å². The third-order valence-corrected chi connectivity index (χ3v) is 4.93. The zero-order valence-electron chi connectivity index (χ0n) is 16.3. The summed E-state index contributed by atoms with van der Waals surface area (Å²) < 4.78 is 5.31. The number of ether oxygens (including phenoxy) is 1. The van der Waals surface area contributed by atoms with E-state index in [-0.39, 0.29) is 24.2 Å². The van der Waals surface area contributed by atoms with Gasteiger partial charge in [-0.2, -0.15) is 0 Å². The number of rotatable bonds is 6. The summed E-state index contributed by atoms with van der Waals surface area (Å²) in [7, 11) is 1.89. The van der Waals surface area contributed by atoms with Crippen LogP contribution in [0.3, 0.4) is 0 Å². The molecule has 0 spiro atoms. The lowest BCUT2D eigenvalue weighted by Crippen LogP contribution is -3.17. The van der Waals surface area contributed by atoms with Gasteiger partial charge in [-0.15, -0.1) is 0 Å². The number of nitrogens with zero attached hydrogens (tertiary/aromatic N) is 1. The van der Waals surface area contributed by atoms with Crippen LogP contribution in [0.25, 0.3) is 0 Å². The molecule has 3 rings (SSSR count). The number of quaternary nitrogens is 1. The van der Waals surface area contributed by atoms with E-state index in [4.69, 9.17) is 16.3 Å². The first-order chi connectivity index (χ1) is 13.5. The largest absolute Gasteiger partial charge is 1.00 e. The molecule has 1 saturated heterocycles. The average Bonchev–Trinajstić information content (AvgIpc) is 2.71. The van der Waals surface area contributed by atoms with Gasteiger partial charge in [0, 0.05) is 22.8 Å². The predicted molar refractivity (Wildman–Crippen MR) is 109 cm³/mol. The zero-order chi connectivity index (χ0) is 19.9. The molecule has 0 unspecified atom stereocenters. The summed E-state index contributed by atoms with van der Waals surface area (Å²) in [5.41, 5.74) is 2.14. The van der Waals surface area contributed by atoms with Crippen molar-refractivity contribution >= 4 is 29.1 Å². The number of carbonyl (C=O) groups excluding carboxylic acids is 2. The number of carbonyl (C=O) groups is 2. The van der Waals surface area contributed by atoms with Crippen LogP contribution in [0.5, 0.6) is 0 Å². The van der Waals surface area contributed by atoms with Gasteiger partial charge in [-0.05, 0) is 42.9 Å². The van der Waals surface area contributed by atoms with Gasteiger partial charge in [0.2, 0.25) is 0 Å². The molecule has 1 aliphatic heterocycles. The average molecular weight is 438 g/mol. The highest BCUT2D eigenvalue weighted by Gasteiger charge is 2.24. The second-order valence-corrected chi connectivity index (χ2v) is 7.37. The fourth-order valence-electron chi connectivity index (χ4n) is 3.20. The van der Waals surface area contributed by atoms with Crippen LogP contribution in [-0.4, -0.2) is 56.6 Å². The first kappa shape index (κ1) is 23.3. The summed E-state index contributed by atoms with van der Waals surface area (Å²) in [4.78, 5) is 27.9. The molecule has 1 heterocycles. The maximum atomic E-state index is 12.5. The molecule has 8 heteroatoms. The van der Waals surface area contributed by atoms with Crippen LogP contribution in [0.1, 0.15) is 15.9 Å². The third kappa shape index (κ3) is 6.80. The van der Waals surface area contributed by atoms with Gasteiger partial charge in [-0.3, -0.25) is 14.6 Å². The quantitative estimate of drug-likeness (QED) is 0.575. The fraction of sp³-hybridized carbons (Fsp3) is 0.333. The van der Waals surface area contributed by atoms with Crippen molar-refractivity contribution in [1.82, 2.24) is 4.90 Å². The van der Waals surface area contributed by atoms with Gasteiger partial charge in [-0.25, -0.2) is 4.79 Å². The lowest BCUT2D eigenvalue weighted by atomic mass is 10.1. The highest BCUT2D eigenvalue weighted by atomic mass is 35.5. The number of nitrogens with one attached hydrogen (secondary N) is 2. The second kappa shape index (κ2) is 11.3. The van der Waals surface area contributed by atoms with Crippen molar-refractivity contribution in [3.8, 4) is 0 Å². The van der Waals surface area contributed by atoms with Gasteiger partial charge in [-0.1, -0.05) is 29.8 Å². The topological polar surface area (TPSA) is 63.1 Å². The summed E-state index contributed by atoms with van der Waals surface area (Å²) in [5, 5.41) is 3.53. The Kier molecular flexibility index (Phi) is 9.07. The fourth-order valence-corrected chi connectivity index (χ4v) is 3.39. The van der Waals surface area contributed by atoms with Crippen molar-refractivity contribution in [3.63, 3.8) is 0 Å². The van der Waals surface area contributed by atoms with Crippen LogP contribution in [0.4, 0.5) is 5.69 Å². The molecule has 0 bridgehead atoms. The van der Waals surface area contributed by atoms with Crippen molar-refractivity contribution in [2.45, 2.75) is 6.54 Å². The number of amides is 2. The number of hydrogen-bond donors (Lipinski definition) is 2. The van der Waals surface area contributed by atoms with E-state index in [0.29, 0.717) is 55.7 Å². The van der Waals surface area contributed by atoms with Gasteiger partial charge >= 0.3 is 5.91 Å². The zero-order valence-corrected chi connectivity index (χ0v) is 17.8. The molecular weight excluding hydrogens is 413 g/mol. The normalized spacial score (nSPS) is 14.3. The molecule has 2 aromatic carbocycles. The summed E-state index contributed by atoms with van der Waals surface area (Å²) in [6.07, 6.45) is 0. The maximum absolute atomic E-state index is 12.5. The second-order valence-electron chi connectivity index (χ2n) is 6.93. The van der Waals surface area contributed by atoms with Crippen LogP contribution in [0.15, 0.2) is 48.5 Å². The monoisotopic (exact) mass is 437 g/mol. The summed E-state index contributed by atoms with van der Waals surface area (Å²) in [6.45, 7) is 3.49. The Hall–Kier alpha value is -1.96. The highest BCUT2D eigenvalue weighted by molar-refractivity contribution is 6.30. The molecule has 2 aromatic rings. The summed E-state index contributed by atoms with van der Waals surface area (Å²) >= 11 is 6.17. The molecule has 2 amide bonds. The Morgan fingerprint density at radius 1 is 1.14 bits per heavy atom. The van der Waals surface area contributed by atoms with Crippen molar-refractivity contribution in [2.24, 2.45) is 0 Å². The number of benzene rings is 2. The minimum atomic E-state index is -0.180. The Bertz CT molecular complexity index is 827. The highest BCUT2D eigenvalue weighted by Crippen LogP contribution is 2.22. The van der Waals surface area contributed by atoms with E-state index in [1.54, 1.807) is 24.3 Å². The molecule has 0 radical (unpaired) electrons. The molecule has 156 valence electrons. The Balaban J connectivity index is 0.00000300. The van der Waals surface area contributed by atoms with E-state index in [1.165, 1.54) is 0 Å². The van der Waals surface area contributed by atoms with Gasteiger partial charge in [0.15, 0.2) is 0 Å². The molecule has 1 aliphatic rings. The first-order valence-electron chi connectivity index (χ1n) is 9.32. The molecule has 0 atom stereocenters. The molecule has 1 fully saturated rings. The minimum absolute atomic E-state index is 0. The van der Waals surface area contributed by atoms with Crippen LogP contribution < -0.4 is 22.6 Å². The lowest BCUT2D eigenvalue weighted by molar-refractivity contribution is -0.830. The van der Waals surface area contributed by atoms with Gasteiger partial charge in [0.05, 0.1) is 13.2 Å². The van der Waals surface area contributed by atoms with Crippen molar-refractivity contribution in [2.75, 3.05) is 45.2 Å². The summed E-state index contributed by atoms with van der Waals surface area (Å²) in [5.74, 6) is -0.0247. The number of halogens is 2. The molecule has 0 aliphatic carbocycles. The van der Waals surface area contributed by atoms with E-state index in [1.807, 2.05) is 36.2 Å². The molecule has 0 saturated carbocycles. The Morgan fingerprint density at radius 3 is 2.52 bits per heavy atom. The standard InChI is InChI=1S/C21H24ClN3O3.ClH/c1-24(15-20(26)25-9-11-28-12-10-25)14-17-13-18(22)7-8-19(17)23-21(27)16-5-3-2-4-6-16;/h2-8,13H,9-12,14-15H2,1H3,(H,23,27);1H. The molecule has 0 aromatic heterocycles. The van der Waals surface area contributed by atoms with Crippen molar-refractivity contribution < 1.29 is 31.6 Å². The maximum Gasteiger partial charge on any atom is 0.326 e. The van der Waals surface area contributed by atoms with Crippen molar-refractivity contribution in [1.29, 1.82) is 0 Å². The molecule has 6 nitrogen and oxygen atoms in total. The molecule has 29 heavy (non-hydrogen) atoms. The molecule has 2 N–H and O–H groups in total. The SMILES string of the molecule is CN(CC(=O)[NH+]1CCOCC1)Cc1cc(Cl)ccc1NC(=O)c1ccccc1.[Cl-]. The van der Waals surface area contributed by atoms with E-state index in [2.05, 4.69) is 5.32 Å². The number of morpholine rings is 1. The van der Waals surface area contributed by atoms with Gasteiger partial charge in [0.1, 0.15) is 19.6 Å². The third-order valence-electron chi connectivity index (χ3n) is 4.70. The van der Waals surface area contributed by atoms with E-state index < -0.39 is 0 Å². The van der Waals surface area contributed by atoms with Gasteiger partial charge < -0.3 is 22.5 Å². The van der Waals surface area contributed by atoms with E-state index in [9.17, 15) is 9.59 Å². The van der Waals surface area contributed by atoms with Crippen molar-refractivity contribution in [3.05, 3.63) is 64.7 Å². The van der Waals surface area contributed by atoms with Crippen LogP contribution in [0, 0.1) is 0 Å². The Labute approximate surface area is 182 Å². The van der Waals surface area contributed by atoms with E-state index in [0.717, 1.165) is 10.5 Å². The lowest BCUT2D eigenvalue weighted by Gasteiger charge is -2.24. The van der Waals surface area contributed by atoms with E-state index >= 15 is 0 Å². The smallest absolute Gasteiger partial charge is 0.326 e. The molecular formula is C21H25Cl2N3O3. The number of anilines is 1.